The summed E-state index contributed by atoms with van der Waals surface area (Å²) in [7, 11) is 5.17. The molecule has 2 aliphatic heterocycles. The molecule has 10 heteroatoms. The summed E-state index contributed by atoms with van der Waals surface area (Å²) in [5.41, 5.74) is 2.49. The van der Waals surface area contributed by atoms with E-state index in [4.69, 9.17) is 35.3 Å². The largest absolute Gasteiger partial charge is 0.379 e. The van der Waals surface area contributed by atoms with E-state index in [1.165, 1.54) is 21.2 Å². The van der Waals surface area contributed by atoms with Crippen LogP contribution in [0.5, 0.6) is 0 Å². The van der Waals surface area contributed by atoms with Crippen LogP contribution in [0.3, 0.4) is 0 Å². The van der Waals surface area contributed by atoms with Crippen LogP contribution in [0.2, 0.25) is 5.02 Å². The van der Waals surface area contributed by atoms with Gasteiger partial charge in [-0.1, -0.05) is 42.4 Å². The average molecular weight is 622 g/mol. The van der Waals surface area contributed by atoms with Crippen molar-refractivity contribution in [1.82, 2.24) is 9.80 Å². The Kier molecular flexibility index (Phi) is 14.2. The van der Waals surface area contributed by atoms with Gasteiger partial charge in [-0.15, -0.1) is 0 Å². The van der Waals surface area contributed by atoms with Crippen LogP contribution in [0.4, 0.5) is 11.4 Å². The maximum Gasteiger partial charge on any atom is 0.104 e. The molecule has 2 aromatic rings. The van der Waals surface area contributed by atoms with Crippen molar-refractivity contribution in [2.45, 2.75) is 47.9 Å². The molecule has 0 bridgehead atoms. The van der Waals surface area contributed by atoms with Gasteiger partial charge in [-0.2, -0.15) is 0 Å². The molecule has 0 aromatic heterocycles. The zero-order valence-corrected chi connectivity index (χ0v) is 27.2. The van der Waals surface area contributed by atoms with E-state index in [2.05, 4.69) is 58.0 Å². The van der Waals surface area contributed by atoms with Gasteiger partial charge in [0.05, 0.1) is 50.0 Å². The first-order valence-electron chi connectivity index (χ1n) is 15.1. The van der Waals surface area contributed by atoms with E-state index < -0.39 is 0 Å². The number of hydrogen-bond donors (Lipinski definition) is 0. The van der Waals surface area contributed by atoms with E-state index >= 15 is 0 Å². The van der Waals surface area contributed by atoms with Crippen molar-refractivity contribution >= 4 is 34.7 Å². The van der Waals surface area contributed by atoms with Crippen molar-refractivity contribution in [3.05, 3.63) is 47.5 Å². The summed E-state index contributed by atoms with van der Waals surface area (Å²) in [6.07, 6.45) is 2.05. The molecule has 0 spiro atoms. The van der Waals surface area contributed by atoms with Gasteiger partial charge in [0.15, 0.2) is 0 Å². The Morgan fingerprint density at radius 2 is 1.36 bits per heavy atom. The molecule has 234 valence electrons. The number of benzene rings is 2. The number of anilines is 2. The molecule has 2 heterocycles. The number of fused-ring (bicyclic) bond motifs is 2. The monoisotopic (exact) mass is 621 g/mol. The molecule has 1 fully saturated rings. The highest BCUT2D eigenvalue weighted by Gasteiger charge is 2.25. The minimum atomic E-state index is -0.108. The fourth-order valence-electron chi connectivity index (χ4n) is 5.37. The molecular formula is C32H48ClN3O5S. The molecule has 0 aliphatic carbocycles. The number of hydrogen-bond acceptors (Lipinski definition) is 9. The third-order valence-corrected chi connectivity index (χ3v) is 9.41. The van der Waals surface area contributed by atoms with E-state index in [1.807, 2.05) is 17.8 Å². The van der Waals surface area contributed by atoms with Crippen molar-refractivity contribution in [2.75, 3.05) is 98.5 Å². The van der Waals surface area contributed by atoms with E-state index in [0.29, 0.717) is 26.4 Å². The molecule has 2 aromatic carbocycles. The lowest BCUT2D eigenvalue weighted by molar-refractivity contribution is -0.0788. The van der Waals surface area contributed by atoms with Crippen molar-refractivity contribution in [2.24, 2.45) is 0 Å². The van der Waals surface area contributed by atoms with Crippen molar-refractivity contribution < 1.29 is 23.7 Å². The van der Waals surface area contributed by atoms with Crippen LogP contribution >= 0.6 is 23.4 Å². The minimum Gasteiger partial charge on any atom is -0.379 e. The molecule has 2 aliphatic rings. The van der Waals surface area contributed by atoms with Crippen molar-refractivity contribution in [1.29, 1.82) is 0 Å². The molecule has 0 saturated carbocycles. The predicted molar refractivity (Wildman–Crippen MR) is 171 cm³/mol. The second-order valence-corrected chi connectivity index (χ2v) is 12.4. The SMILES string of the molecule is CCC(COCC(COCC(CN1CCN(CCCN2c3ccccc3Sc3ccc(Cl)cc32)CC1)OC)OC)OC. The van der Waals surface area contributed by atoms with Crippen LogP contribution in [0.15, 0.2) is 52.3 Å². The van der Waals surface area contributed by atoms with Gasteiger partial charge in [0.1, 0.15) is 6.10 Å². The van der Waals surface area contributed by atoms with Crippen LogP contribution in [-0.4, -0.2) is 122 Å². The molecule has 0 amide bonds. The van der Waals surface area contributed by atoms with E-state index in [-0.39, 0.29) is 18.3 Å². The van der Waals surface area contributed by atoms with Gasteiger partial charge in [-0.3, -0.25) is 4.90 Å². The van der Waals surface area contributed by atoms with E-state index in [9.17, 15) is 0 Å². The van der Waals surface area contributed by atoms with Crippen LogP contribution in [0.25, 0.3) is 0 Å². The van der Waals surface area contributed by atoms with Crippen LogP contribution in [0, 0.1) is 0 Å². The van der Waals surface area contributed by atoms with Crippen molar-refractivity contribution in [3.63, 3.8) is 0 Å². The Bertz CT molecular complexity index is 1070. The van der Waals surface area contributed by atoms with Gasteiger partial charge in [0.25, 0.3) is 0 Å². The van der Waals surface area contributed by atoms with Crippen molar-refractivity contribution in [3.8, 4) is 0 Å². The Balaban J connectivity index is 1.15. The Hall–Kier alpha value is -1.40. The van der Waals surface area contributed by atoms with Gasteiger partial charge >= 0.3 is 0 Å². The summed E-state index contributed by atoms with van der Waals surface area (Å²) < 4.78 is 28.4. The van der Waals surface area contributed by atoms with Gasteiger partial charge < -0.3 is 33.5 Å². The quantitative estimate of drug-likeness (QED) is 0.217. The second kappa shape index (κ2) is 17.8. The molecule has 3 unspecified atom stereocenters. The molecule has 42 heavy (non-hydrogen) atoms. The predicted octanol–water partition coefficient (Wildman–Crippen LogP) is 5.44. The Labute approximate surface area is 261 Å². The number of para-hydroxylation sites is 1. The Morgan fingerprint density at radius 3 is 2.05 bits per heavy atom. The number of piperazine rings is 1. The first-order valence-corrected chi connectivity index (χ1v) is 16.3. The summed E-state index contributed by atoms with van der Waals surface area (Å²) in [5, 5.41) is 0.783. The lowest BCUT2D eigenvalue weighted by atomic mass is 10.2. The second-order valence-electron chi connectivity index (χ2n) is 10.9. The first kappa shape index (κ1) is 33.5. The van der Waals surface area contributed by atoms with Gasteiger partial charge in [0, 0.05) is 75.4 Å². The molecule has 0 N–H and O–H groups in total. The number of halogens is 1. The number of methoxy groups -OCH3 is 3. The summed E-state index contributed by atoms with van der Waals surface area (Å²) in [6, 6.07) is 14.9. The standard InChI is InChI=1S/C32H48ClN3O5S/c1-5-26(37-2)21-40-23-28(39-4)24-41-22-27(38-3)20-35-17-15-34(16-18-35)13-8-14-36-29-9-6-7-10-31(29)42-32-12-11-25(33)19-30(32)36/h6-7,9-12,19,26-28H,5,8,13-18,20-24H2,1-4H3. The average Bonchev–Trinajstić information content (AvgIpc) is 3.02. The molecule has 0 radical (unpaired) electrons. The highest BCUT2D eigenvalue weighted by molar-refractivity contribution is 7.99. The zero-order valence-electron chi connectivity index (χ0n) is 25.6. The normalized spacial score (nSPS) is 18.0. The summed E-state index contributed by atoms with van der Waals surface area (Å²) >= 11 is 8.21. The molecular weight excluding hydrogens is 574 g/mol. The number of nitrogens with zero attached hydrogens (tertiary/aromatic N) is 3. The van der Waals surface area contributed by atoms with Crippen LogP contribution in [-0.2, 0) is 23.7 Å². The third kappa shape index (κ3) is 9.81. The van der Waals surface area contributed by atoms with E-state index in [0.717, 1.165) is 63.7 Å². The third-order valence-electron chi connectivity index (χ3n) is 8.04. The van der Waals surface area contributed by atoms with Gasteiger partial charge in [-0.05, 0) is 49.7 Å². The van der Waals surface area contributed by atoms with Crippen LogP contribution < -0.4 is 4.90 Å². The highest BCUT2D eigenvalue weighted by Crippen LogP contribution is 2.48. The smallest absolute Gasteiger partial charge is 0.104 e. The fraction of sp³-hybridized carbons (Fsp3) is 0.625. The maximum absolute atomic E-state index is 6.39. The lowest BCUT2D eigenvalue weighted by Crippen LogP contribution is -2.49. The topological polar surface area (TPSA) is 55.9 Å². The summed E-state index contributed by atoms with van der Waals surface area (Å²) in [5.74, 6) is 0. The molecule has 8 nitrogen and oxygen atoms in total. The van der Waals surface area contributed by atoms with Gasteiger partial charge in [0.2, 0.25) is 0 Å². The number of rotatable bonds is 18. The van der Waals surface area contributed by atoms with Gasteiger partial charge in [-0.25, -0.2) is 0 Å². The molecule has 1 saturated heterocycles. The highest BCUT2D eigenvalue weighted by atomic mass is 35.5. The van der Waals surface area contributed by atoms with Crippen LogP contribution in [0.1, 0.15) is 19.8 Å². The lowest BCUT2D eigenvalue weighted by Gasteiger charge is -2.37. The first-order chi connectivity index (χ1) is 20.5. The van der Waals surface area contributed by atoms with E-state index in [1.54, 1.807) is 21.3 Å². The zero-order chi connectivity index (χ0) is 29.7. The molecule has 3 atom stereocenters. The maximum atomic E-state index is 6.39. The Morgan fingerprint density at radius 1 is 0.738 bits per heavy atom. The fourth-order valence-corrected chi connectivity index (χ4v) is 6.62. The summed E-state index contributed by atoms with van der Waals surface area (Å²) in [4.78, 5) is 10.1. The number of ether oxygens (including phenoxy) is 5. The minimum absolute atomic E-state index is 0.0249. The summed E-state index contributed by atoms with van der Waals surface area (Å²) in [6.45, 7) is 11.3. The molecule has 4 rings (SSSR count).